The number of hydrogen-bond donors (Lipinski definition) is 2. The van der Waals surface area contributed by atoms with Crippen molar-refractivity contribution in [3.05, 3.63) is 42.2 Å². The summed E-state index contributed by atoms with van der Waals surface area (Å²) in [5, 5.41) is 5.54. The first kappa shape index (κ1) is 16.8. The van der Waals surface area contributed by atoms with Crippen LogP contribution in [0.15, 0.2) is 36.7 Å². The zero-order valence-electron chi connectivity index (χ0n) is 12.7. The Morgan fingerprint density at radius 1 is 1.43 bits per heavy atom. The van der Waals surface area contributed by atoms with Crippen molar-refractivity contribution in [3.63, 3.8) is 0 Å². The Morgan fingerprint density at radius 3 is 2.81 bits per heavy atom. The molecule has 114 valence electrons. The normalized spacial score (nSPS) is 12.4. The lowest BCUT2D eigenvalue weighted by atomic mass is 10.2. The van der Waals surface area contributed by atoms with Crippen LogP contribution in [0.1, 0.15) is 17.3 Å². The van der Waals surface area contributed by atoms with E-state index in [-0.39, 0.29) is 17.9 Å². The second kappa shape index (κ2) is 8.86. The lowest BCUT2D eigenvalue weighted by Crippen LogP contribution is -2.41. The SMILES string of the molecule is CC(CNC(=O)/C=C/CN(C)C)NC(=O)c1cccnc1. The molecule has 2 amide bonds. The number of nitrogens with one attached hydrogen (secondary N) is 2. The van der Waals surface area contributed by atoms with Gasteiger partial charge in [0.2, 0.25) is 5.91 Å². The van der Waals surface area contributed by atoms with E-state index in [1.807, 2.05) is 25.9 Å². The summed E-state index contributed by atoms with van der Waals surface area (Å²) in [4.78, 5) is 29.3. The molecule has 0 aliphatic carbocycles. The van der Waals surface area contributed by atoms with Crippen molar-refractivity contribution in [1.29, 1.82) is 0 Å². The van der Waals surface area contributed by atoms with E-state index in [0.29, 0.717) is 18.7 Å². The Kier molecular flexibility index (Phi) is 7.11. The first-order valence-corrected chi connectivity index (χ1v) is 6.79. The van der Waals surface area contributed by atoms with Crippen LogP contribution >= 0.6 is 0 Å². The monoisotopic (exact) mass is 290 g/mol. The van der Waals surface area contributed by atoms with Gasteiger partial charge in [-0.05, 0) is 33.2 Å². The van der Waals surface area contributed by atoms with Gasteiger partial charge in [-0.25, -0.2) is 0 Å². The second-order valence-electron chi connectivity index (χ2n) is 5.03. The summed E-state index contributed by atoms with van der Waals surface area (Å²) in [7, 11) is 3.86. The zero-order chi connectivity index (χ0) is 15.7. The van der Waals surface area contributed by atoms with E-state index < -0.39 is 0 Å². The minimum absolute atomic E-state index is 0.163. The fourth-order valence-electron chi connectivity index (χ4n) is 1.54. The van der Waals surface area contributed by atoms with Crippen molar-refractivity contribution in [2.24, 2.45) is 0 Å². The van der Waals surface area contributed by atoms with Gasteiger partial charge in [0.25, 0.3) is 5.91 Å². The van der Waals surface area contributed by atoms with Gasteiger partial charge < -0.3 is 15.5 Å². The van der Waals surface area contributed by atoms with Crippen LogP contribution in [-0.2, 0) is 4.79 Å². The molecule has 6 heteroatoms. The van der Waals surface area contributed by atoms with Crippen LogP contribution in [-0.4, -0.2) is 54.9 Å². The molecular formula is C15H22N4O2. The van der Waals surface area contributed by atoms with Crippen molar-refractivity contribution in [3.8, 4) is 0 Å². The van der Waals surface area contributed by atoms with Gasteiger partial charge in [0.15, 0.2) is 0 Å². The van der Waals surface area contributed by atoms with Crippen molar-refractivity contribution < 1.29 is 9.59 Å². The van der Waals surface area contributed by atoms with E-state index in [2.05, 4.69) is 15.6 Å². The summed E-state index contributed by atoms with van der Waals surface area (Å²) in [6, 6.07) is 3.23. The van der Waals surface area contributed by atoms with Crippen LogP contribution in [0, 0.1) is 0 Å². The van der Waals surface area contributed by atoms with Gasteiger partial charge in [-0.3, -0.25) is 14.6 Å². The fraction of sp³-hybridized carbons (Fsp3) is 0.400. The third-order valence-electron chi connectivity index (χ3n) is 2.62. The van der Waals surface area contributed by atoms with Crippen LogP contribution < -0.4 is 10.6 Å². The van der Waals surface area contributed by atoms with Crippen molar-refractivity contribution >= 4 is 11.8 Å². The first-order chi connectivity index (χ1) is 9.99. The topological polar surface area (TPSA) is 74.3 Å². The molecule has 0 fully saturated rings. The van der Waals surface area contributed by atoms with Gasteiger partial charge in [0.05, 0.1) is 5.56 Å². The minimum atomic E-state index is -0.201. The highest BCUT2D eigenvalue weighted by Gasteiger charge is 2.09. The summed E-state index contributed by atoms with van der Waals surface area (Å²) >= 11 is 0. The molecule has 1 unspecified atom stereocenters. The fourth-order valence-corrected chi connectivity index (χ4v) is 1.54. The van der Waals surface area contributed by atoms with Crippen LogP contribution in [0.2, 0.25) is 0 Å². The molecule has 0 aromatic carbocycles. The number of aromatic nitrogens is 1. The van der Waals surface area contributed by atoms with E-state index in [4.69, 9.17) is 0 Å². The Balaban J connectivity index is 2.31. The third kappa shape index (κ3) is 7.22. The zero-order valence-corrected chi connectivity index (χ0v) is 12.7. The van der Waals surface area contributed by atoms with E-state index in [9.17, 15) is 9.59 Å². The van der Waals surface area contributed by atoms with Gasteiger partial charge in [-0.1, -0.05) is 6.08 Å². The van der Waals surface area contributed by atoms with Crippen LogP contribution in [0.5, 0.6) is 0 Å². The number of rotatable bonds is 7. The standard InChI is InChI=1S/C15H22N4O2/c1-12(10-17-14(20)7-5-9-19(2)3)18-15(21)13-6-4-8-16-11-13/h4-8,11-12H,9-10H2,1-3H3,(H,17,20)(H,18,21)/b7-5+. The van der Waals surface area contributed by atoms with Crippen LogP contribution in [0.4, 0.5) is 0 Å². The number of pyridine rings is 1. The summed E-state index contributed by atoms with van der Waals surface area (Å²) in [5.41, 5.74) is 0.501. The average Bonchev–Trinajstić information content (AvgIpc) is 2.45. The molecule has 0 radical (unpaired) electrons. The van der Waals surface area contributed by atoms with E-state index >= 15 is 0 Å². The largest absolute Gasteiger partial charge is 0.351 e. The average molecular weight is 290 g/mol. The first-order valence-electron chi connectivity index (χ1n) is 6.79. The van der Waals surface area contributed by atoms with E-state index in [1.54, 1.807) is 24.4 Å². The smallest absolute Gasteiger partial charge is 0.253 e. The summed E-state index contributed by atoms with van der Waals surface area (Å²) < 4.78 is 0. The molecule has 21 heavy (non-hydrogen) atoms. The summed E-state index contributed by atoms with van der Waals surface area (Å²) in [6.45, 7) is 2.91. The van der Waals surface area contributed by atoms with Gasteiger partial charge >= 0.3 is 0 Å². The number of hydrogen-bond acceptors (Lipinski definition) is 4. The number of likely N-dealkylation sites (N-methyl/N-ethyl adjacent to an activating group) is 1. The van der Waals surface area contributed by atoms with Gasteiger partial charge in [-0.2, -0.15) is 0 Å². The highest BCUT2D eigenvalue weighted by Crippen LogP contribution is 1.96. The van der Waals surface area contributed by atoms with Crippen LogP contribution in [0.25, 0.3) is 0 Å². The lowest BCUT2D eigenvalue weighted by Gasteiger charge is -2.14. The molecular weight excluding hydrogens is 268 g/mol. The van der Waals surface area contributed by atoms with Gasteiger partial charge in [0, 0.05) is 37.6 Å². The van der Waals surface area contributed by atoms with E-state index in [0.717, 1.165) is 0 Å². The second-order valence-corrected chi connectivity index (χ2v) is 5.03. The summed E-state index contributed by atoms with van der Waals surface area (Å²) in [6.07, 6.45) is 6.40. The third-order valence-corrected chi connectivity index (χ3v) is 2.62. The lowest BCUT2D eigenvalue weighted by molar-refractivity contribution is -0.116. The predicted octanol–water partition coefficient (Wildman–Crippen LogP) is 0.434. The quantitative estimate of drug-likeness (QED) is 0.714. The van der Waals surface area contributed by atoms with Crippen molar-refractivity contribution in [1.82, 2.24) is 20.5 Å². The molecule has 6 nitrogen and oxygen atoms in total. The Hall–Kier alpha value is -2.21. The predicted molar refractivity (Wildman–Crippen MR) is 81.9 cm³/mol. The number of carbonyl (C=O) groups excluding carboxylic acids is 2. The van der Waals surface area contributed by atoms with Crippen molar-refractivity contribution in [2.45, 2.75) is 13.0 Å². The van der Waals surface area contributed by atoms with Gasteiger partial charge in [-0.15, -0.1) is 0 Å². The van der Waals surface area contributed by atoms with E-state index in [1.165, 1.54) is 12.3 Å². The van der Waals surface area contributed by atoms with Crippen molar-refractivity contribution in [2.75, 3.05) is 27.2 Å². The molecule has 0 saturated heterocycles. The maximum Gasteiger partial charge on any atom is 0.253 e. The maximum atomic E-state index is 11.9. The molecule has 2 N–H and O–H groups in total. The van der Waals surface area contributed by atoms with Gasteiger partial charge in [0.1, 0.15) is 0 Å². The molecule has 1 aromatic heterocycles. The molecule has 1 aromatic rings. The Labute approximate surface area is 125 Å². The molecule has 0 bridgehead atoms. The highest BCUT2D eigenvalue weighted by molar-refractivity contribution is 5.94. The highest BCUT2D eigenvalue weighted by atomic mass is 16.2. The summed E-state index contributed by atoms with van der Waals surface area (Å²) in [5.74, 6) is -0.368. The maximum absolute atomic E-state index is 11.9. The molecule has 0 aliphatic rings. The number of carbonyl (C=O) groups is 2. The molecule has 0 spiro atoms. The number of nitrogens with zero attached hydrogens (tertiary/aromatic N) is 2. The Morgan fingerprint density at radius 2 is 2.19 bits per heavy atom. The molecule has 0 saturated carbocycles. The molecule has 1 atom stereocenters. The number of amides is 2. The molecule has 0 aliphatic heterocycles. The minimum Gasteiger partial charge on any atom is -0.351 e. The van der Waals surface area contributed by atoms with Crippen LogP contribution in [0.3, 0.4) is 0 Å². The Bertz CT molecular complexity index is 486. The molecule has 1 heterocycles. The molecule has 1 rings (SSSR count).